The molecule has 0 aliphatic heterocycles. The highest BCUT2D eigenvalue weighted by Crippen LogP contribution is 2.16. The molecular weight excluding hydrogens is 304 g/mol. The molecule has 0 aromatic heterocycles. The van der Waals surface area contributed by atoms with Crippen molar-refractivity contribution in [1.29, 1.82) is 0 Å². The Morgan fingerprint density at radius 1 is 1.08 bits per heavy atom. The molecule has 0 saturated carbocycles. The molecule has 0 heterocycles. The average molecular weight is 324 g/mol. The smallest absolute Gasteiger partial charge is 0.244 e. The van der Waals surface area contributed by atoms with Gasteiger partial charge >= 0.3 is 0 Å². The minimum absolute atomic E-state index is 0.135. The van der Waals surface area contributed by atoms with Crippen LogP contribution in [0.4, 0.5) is 5.69 Å². The Kier molecular flexibility index (Phi) is 6.58. The van der Waals surface area contributed by atoms with Gasteiger partial charge < -0.3 is 15.4 Å². The van der Waals surface area contributed by atoms with Crippen molar-refractivity contribution in [2.24, 2.45) is 0 Å². The van der Waals surface area contributed by atoms with E-state index in [1.54, 1.807) is 30.3 Å². The lowest BCUT2D eigenvalue weighted by atomic mass is 10.2. The van der Waals surface area contributed by atoms with Crippen LogP contribution in [0.1, 0.15) is 12.5 Å². The highest BCUT2D eigenvalue weighted by atomic mass is 16.5. The standard InChI is InChI=1S/C19H20N2O3/c1-15(22)21-17-8-5-9-18(14-17)24-13-12-20-19(23)11-10-16-6-3-2-4-7-16/h2-11,14H,12-13H2,1H3,(H,20,23)(H,21,22)/b11-10+. The van der Waals surface area contributed by atoms with Gasteiger partial charge in [0.2, 0.25) is 11.8 Å². The third kappa shape index (κ3) is 6.36. The van der Waals surface area contributed by atoms with E-state index in [4.69, 9.17) is 4.74 Å². The molecule has 0 aliphatic carbocycles. The molecule has 5 heteroatoms. The first-order valence-electron chi connectivity index (χ1n) is 7.65. The van der Waals surface area contributed by atoms with Crippen LogP contribution in [0.25, 0.3) is 6.08 Å². The molecule has 0 atom stereocenters. The molecular formula is C19H20N2O3. The molecule has 0 bridgehead atoms. The molecule has 24 heavy (non-hydrogen) atoms. The lowest BCUT2D eigenvalue weighted by molar-refractivity contribution is -0.116. The lowest BCUT2D eigenvalue weighted by Crippen LogP contribution is -2.26. The number of hydrogen-bond donors (Lipinski definition) is 2. The Morgan fingerprint density at radius 2 is 1.88 bits per heavy atom. The van der Waals surface area contributed by atoms with Crippen LogP contribution in [0.5, 0.6) is 5.75 Å². The zero-order chi connectivity index (χ0) is 17.2. The van der Waals surface area contributed by atoms with Crippen molar-refractivity contribution in [3.63, 3.8) is 0 Å². The normalized spacial score (nSPS) is 10.4. The molecule has 0 radical (unpaired) electrons. The Labute approximate surface area is 141 Å². The number of hydrogen-bond acceptors (Lipinski definition) is 3. The largest absolute Gasteiger partial charge is 0.492 e. The van der Waals surface area contributed by atoms with Gasteiger partial charge in [-0.2, -0.15) is 0 Å². The second-order valence-corrected chi connectivity index (χ2v) is 5.09. The third-order valence-corrected chi connectivity index (χ3v) is 3.05. The van der Waals surface area contributed by atoms with Crippen molar-refractivity contribution in [1.82, 2.24) is 5.32 Å². The zero-order valence-electron chi connectivity index (χ0n) is 13.5. The molecule has 0 unspecified atom stereocenters. The number of benzene rings is 2. The molecule has 0 spiro atoms. The van der Waals surface area contributed by atoms with Crippen LogP contribution in [0.3, 0.4) is 0 Å². The summed E-state index contributed by atoms with van der Waals surface area (Å²) in [5.74, 6) is 0.328. The van der Waals surface area contributed by atoms with E-state index < -0.39 is 0 Å². The first-order chi connectivity index (χ1) is 11.6. The van der Waals surface area contributed by atoms with Gasteiger partial charge in [0.05, 0.1) is 6.54 Å². The Bertz CT molecular complexity index is 712. The molecule has 0 aliphatic rings. The number of anilines is 1. The number of carbonyl (C=O) groups is 2. The van der Waals surface area contributed by atoms with Crippen LogP contribution in [-0.2, 0) is 9.59 Å². The number of carbonyl (C=O) groups excluding carboxylic acids is 2. The topological polar surface area (TPSA) is 67.4 Å². The van der Waals surface area contributed by atoms with Gasteiger partial charge in [-0.15, -0.1) is 0 Å². The van der Waals surface area contributed by atoms with Crippen LogP contribution in [0.15, 0.2) is 60.7 Å². The molecule has 2 amide bonds. The quantitative estimate of drug-likeness (QED) is 0.608. The summed E-state index contributed by atoms with van der Waals surface area (Å²) in [6.45, 7) is 2.18. The zero-order valence-corrected chi connectivity index (χ0v) is 13.5. The van der Waals surface area contributed by atoms with Gasteiger partial charge in [-0.1, -0.05) is 36.4 Å². The lowest BCUT2D eigenvalue weighted by Gasteiger charge is -2.08. The number of ether oxygens (including phenoxy) is 1. The first kappa shape index (κ1) is 17.3. The van der Waals surface area contributed by atoms with Crippen LogP contribution in [0, 0.1) is 0 Å². The van der Waals surface area contributed by atoms with Crippen molar-refractivity contribution in [2.75, 3.05) is 18.5 Å². The number of nitrogens with one attached hydrogen (secondary N) is 2. The summed E-state index contributed by atoms with van der Waals surface area (Å²) >= 11 is 0. The van der Waals surface area contributed by atoms with E-state index >= 15 is 0 Å². The summed E-state index contributed by atoms with van der Waals surface area (Å²) in [6, 6.07) is 16.7. The predicted octanol–water partition coefficient (Wildman–Crippen LogP) is 2.85. The third-order valence-electron chi connectivity index (χ3n) is 3.05. The molecule has 5 nitrogen and oxygen atoms in total. The fourth-order valence-corrected chi connectivity index (χ4v) is 2.01. The fourth-order valence-electron chi connectivity index (χ4n) is 2.01. The highest BCUT2D eigenvalue weighted by molar-refractivity contribution is 5.91. The Morgan fingerprint density at radius 3 is 2.62 bits per heavy atom. The van der Waals surface area contributed by atoms with Crippen molar-refractivity contribution < 1.29 is 14.3 Å². The van der Waals surface area contributed by atoms with E-state index in [1.807, 2.05) is 30.3 Å². The molecule has 2 N–H and O–H groups in total. The Hall–Kier alpha value is -3.08. The summed E-state index contributed by atoms with van der Waals surface area (Å²) in [5, 5.41) is 5.44. The predicted molar refractivity (Wildman–Crippen MR) is 94.7 cm³/mol. The van der Waals surface area contributed by atoms with Crippen LogP contribution >= 0.6 is 0 Å². The maximum absolute atomic E-state index is 11.7. The van der Waals surface area contributed by atoms with E-state index in [0.717, 1.165) is 5.56 Å². The fraction of sp³-hybridized carbons (Fsp3) is 0.158. The number of amides is 2. The molecule has 2 rings (SSSR count). The summed E-state index contributed by atoms with van der Waals surface area (Å²) in [6.07, 6.45) is 3.25. The van der Waals surface area contributed by atoms with E-state index in [1.165, 1.54) is 13.0 Å². The molecule has 0 saturated heterocycles. The van der Waals surface area contributed by atoms with Crippen LogP contribution in [-0.4, -0.2) is 25.0 Å². The van der Waals surface area contributed by atoms with Gasteiger partial charge in [0.25, 0.3) is 0 Å². The summed E-state index contributed by atoms with van der Waals surface area (Å²) in [4.78, 5) is 22.7. The SMILES string of the molecule is CC(=O)Nc1cccc(OCCNC(=O)/C=C/c2ccccc2)c1. The monoisotopic (exact) mass is 324 g/mol. The van der Waals surface area contributed by atoms with Crippen molar-refractivity contribution in [3.05, 3.63) is 66.2 Å². The highest BCUT2D eigenvalue weighted by Gasteiger charge is 1.99. The van der Waals surface area contributed by atoms with E-state index in [2.05, 4.69) is 10.6 Å². The molecule has 124 valence electrons. The number of rotatable bonds is 7. The summed E-state index contributed by atoms with van der Waals surface area (Å²) in [5.41, 5.74) is 1.65. The van der Waals surface area contributed by atoms with E-state index in [9.17, 15) is 9.59 Å². The second kappa shape index (κ2) is 9.15. The van der Waals surface area contributed by atoms with Gasteiger partial charge in [0, 0.05) is 24.8 Å². The van der Waals surface area contributed by atoms with Crippen molar-refractivity contribution in [3.8, 4) is 5.75 Å². The van der Waals surface area contributed by atoms with E-state index in [-0.39, 0.29) is 11.8 Å². The van der Waals surface area contributed by atoms with Crippen molar-refractivity contribution >= 4 is 23.6 Å². The minimum Gasteiger partial charge on any atom is -0.492 e. The van der Waals surface area contributed by atoms with E-state index in [0.29, 0.717) is 24.6 Å². The van der Waals surface area contributed by atoms with Gasteiger partial charge in [0.1, 0.15) is 12.4 Å². The maximum atomic E-state index is 11.7. The molecule has 2 aromatic rings. The van der Waals surface area contributed by atoms with Crippen LogP contribution < -0.4 is 15.4 Å². The summed E-state index contributed by atoms with van der Waals surface area (Å²) in [7, 11) is 0. The first-order valence-corrected chi connectivity index (χ1v) is 7.65. The minimum atomic E-state index is -0.172. The van der Waals surface area contributed by atoms with Gasteiger partial charge in [0.15, 0.2) is 0 Å². The van der Waals surface area contributed by atoms with Gasteiger partial charge in [-0.25, -0.2) is 0 Å². The van der Waals surface area contributed by atoms with Crippen LogP contribution in [0.2, 0.25) is 0 Å². The Balaban J connectivity index is 1.72. The average Bonchev–Trinajstić information content (AvgIpc) is 2.58. The second-order valence-electron chi connectivity index (χ2n) is 5.09. The molecule has 0 fully saturated rings. The van der Waals surface area contributed by atoms with Gasteiger partial charge in [-0.3, -0.25) is 9.59 Å². The maximum Gasteiger partial charge on any atom is 0.244 e. The van der Waals surface area contributed by atoms with Gasteiger partial charge in [-0.05, 0) is 23.8 Å². The van der Waals surface area contributed by atoms with Crippen molar-refractivity contribution in [2.45, 2.75) is 6.92 Å². The summed E-state index contributed by atoms with van der Waals surface area (Å²) < 4.78 is 5.55. The molecule has 2 aromatic carbocycles.